The minimum absolute atomic E-state index is 0.440. The fourth-order valence-corrected chi connectivity index (χ4v) is 9.77. The Kier molecular flexibility index (Phi) is 16.9. The molecule has 3 aliphatic rings. The molecule has 50 heavy (non-hydrogen) atoms. The number of rotatable bonds is 9. The molecular weight excluding hydrogens is 673 g/mol. The van der Waals surface area contributed by atoms with Crippen molar-refractivity contribution in [1.82, 2.24) is 0 Å². The molecule has 0 aliphatic heterocycles. The number of nitrogens with zero attached hydrogens (tertiary/aromatic N) is 1. The van der Waals surface area contributed by atoms with Crippen molar-refractivity contribution in [2.75, 3.05) is 0 Å². The number of oxime groups is 1. The molecule has 0 bridgehead atoms. The van der Waals surface area contributed by atoms with Crippen LogP contribution in [0.4, 0.5) is 0 Å². The predicted molar refractivity (Wildman–Crippen MR) is 215 cm³/mol. The Bertz CT molecular complexity index is 1510. The van der Waals surface area contributed by atoms with Gasteiger partial charge in [0.25, 0.3) is 0 Å². The van der Waals surface area contributed by atoms with E-state index in [-0.39, 0.29) is 0 Å². The SMILES string of the molecule is NC1CCC(Sc2ccccc2)CC1.O=C1CCC(Sc2ccccc2)CC1.c1ccc(CON=C2CCC(Sc3ccccc3)CC2)cc1. The van der Waals surface area contributed by atoms with Crippen molar-refractivity contribution >= 4 is 46.8 Å². The summed E-state index contributed by atoms with van der Waals surface area (Å²) in [5.41, 5.74) is 8.26. The van der Waals surface area contributed by atoms with E-state index in [0.717, 1.165) is 43.8 Å². The van der Waals surface area contributed by atoms with Gasteiger partial charge in [-0.1, -0.05) is 90.1 Å². The number of Topliss-reactive ketones (excluding diaryl/α,β-unsaturated/α-hetero) is 1. The highest BCUT2D eigenvalue weighted by Crippen LogP contribution is 2.34. The van der Waals surface area contributed by atoms with Gasteiger partial charge in [0.1, 0.15) is 12.4 Å². The first-order valence-corrected chi connectivity index (χ1v) is 20.9. The van der Waals surface area contributed by atoms with Crippen LogP contribution < -0.4 is 5.73 Å². The number of hydrogen-bond acceptors (Lipinski definition) is 7. The number of benzene rings is 4. The molecule has 2 N–H and O–H groups in total. The first-order valence-electron chi connectivity index (χ1n) is 18.2. The third kappa shape index (κ3) is 14.7. The topological polar surface area (TPSA) is 64.7 Å². The van der Waals surface area contributed by atoms with Crippen LogP contribution in [0.3, 0.4) is 0 Å². The van der Waals surface area contributed by atoms with E-state index in [4.69, 9.17) is 10.6 Å². The summed E-state index contributed by atoms with van der Waals surface area (Å²) in [6.45, 7) is 0.562. The minimum atomic E-state index is 0.440. The van der Waals surface area contributed by atoms with E-state index in [1.807, 2.05) is 59.6 Å². The zero-order chi connectivity index (χ0) is 34.6. The number of thioether (sulfide) groups is 3. The zero-order valence-electron chi connectivity index (χ0n) is 29.1. The van der Waals surface area contributed by atoms with Crippen LogP contribution in [0.5, 0.6) is 0 Å². The van der Waals surface area contributed by atoms with Gasteiger partial charge in [0.2, 0.25) is 0 Å². The largest absolute Gasteiger partial charge is 0.391 e. The molecule has 0 atom stereocenters. The maximum atomic E-state index is 11.1. The van der Waals surface area contributed by atoms with E-state index in [1.165, 1.54) is 64.5 Å². The van der Waals surface area contributed by atoms with Crippen LogP contribution in [0.1, 0.15) is 82.6 Å². The van der Waals surface area contributed by atoms with Gasteiger partial charge in [-0.3, -0.25) is 4.79 Å². The van der Waals surface area contributed by atoms with Gasteiger partial charge in [0.05, 0.1) is 5.71 Å². The Morgan fingerprint density at radius 1 is 0.520 bits per heavy atom. The molecular formula is C43H52N2O2S3. The Labute approximate surface area is 312 Å². The molecule has 0 saturated heterocycles. The summed E-state index contributed by atoms with van der Waals surface area (Å²) in [6.07, 6.45) is 13.1. The molecule has 7 heteroatoms. The van der Waals surface area contributed by atoms with E-state index in [0.29, 0.717) is 28.9 Å². The van der Waals surface area contributed by atoms with Gasteiger partial charge in [-0.15, -0.1) is 35.3 Å². The van der Waals surface area contributed by atoms with Gasteiger partial charge in [-0.25, -0.2) is 0 Å². The van der Waals surface area contributed by atoms with Crippen LogP contribution in [0.2, 0.25) is 0 Å². The van der Waals surface area contributed by atoms with Crippen molar-refractivity contribution < 1.29 is 9.63 Å². The second-order valence-corrected chi connectivity index (χ2v) is 17.3. The summed E-state index contributed by atoms with van der Waals surface area (Å²) in [4.78, 5) is 20.6. The molecule has 0 aromatic heterocycles. The van der Waals surface area contributed by atoms with Gasteiger partial charge in [0.15, 0.2) is 0 Å². The first kappa shape index (κ1) is 38.3. The predicted octanol–water partition coefficient (Wildman–Crippen LogP) is 11.6. The second kappa shape index (κ2) is 22.1. The van der Waals surface area contributed by atoms with Gasteiger partial charge in [0, 0.05) is 49.3 Å². The molecule has 3 aliphatic carbocycles. The number of carbonyl (C=O) groups is 1. The summed E-state index contributed by atoms with van der Waals surface area (Å²) in [7, 11) is 0. The maximum absolute atomic E-state index is 11.1. The highest BCUT2D eigenvalue weighted by molar-refractivity contribution is 8.00. The molecule has 0 unspecified atom stereocenters. The van der Waals surface area contributed by atoms with Crippen molar-refractivity contribution in [3.8, 4) is 0 Å². The highest BCUT2D eigenvalue weighted by Gasteiger charge is 2.21. The van der Waals surface area contributed by atoms with Crippen molar-refractivity contribution in [3.63, 3.8) is 0 Å². The normalized spacial score (nSPS) is 20.8. The molecule has 0 amide bonds. The third-order valence-electron chi connectivity index (χ3n) is 9.12. The van der Waals surface area contributed by atoms with Crippen molar-refractivity contribution in [2.24, 2.45) is 10.9 Å². The molecule has 3 saturated carbocycles. The average molecular weight is 725 g/mol. The number of nitrogens with two attached hydrogens (primary N) is 1. The van der Waals surface area contributed by atoms with Crippen LogP contribution in [0, 0.1) is 0 Å². The lowest BCUT2D eigenvalue weighted by Crippen LogP contribution is -2.27. The first-order chi connectivity index (χ1) is 24.6. The molecule has 264 valence electrons. The zero-order valence-corrected chi connectivity index (χ0v) is 31.6. The number of hydrogen-bond donors (Lipinski definition) is 1. The van der Waals surface area contributed by atoms with Crippen LogP contribution in [-0.2, 0) is 16.2 Å². The molecule has 4 aromatic rings. The fraction of sp³-hybridized carbons (Fsp3) is 0.395. The number of ketones is 1. The standard InChI is InChI=1S/C19H21NOS.C12H17NS.C12H14OS/c1-3-7-16(8-4-1)15-21-20-17-11-13-19(14-12-17)22-18-9-5-2-6-10-18;2*13-10-6-8-12(9-7-10)14-11-4-2-1-3-5-11/h1-10,19H,11-15H2;1-5,10,12H,6-9,13H2;1-5,12H,6-9H2. The molecule has 4 nitrogen and oxygen atoms in total. The fourth-order valence-electron chi connectivity index (χ4n) is 6.22. The van der Waals surface area contributed by atoms with Gasteiger partial charge in [-0.05, 0) is 106 Å². The van der Waals surface area contributed by atoms with Crippen LogP contribution in [0.25, 0.3) is 0 Å². The Hall–Kier alpha value is -2.97. The molecule has 7 rings (SSSR count). The Morgan fingerprint density at radius 2 is 0.900 bits per heavy atom. The third-order valence-corrected chi connectivity index (χ3v) is 13.2. The Balaban J connectivity index is 0.000000152. The number of carbonyl (C=O) groups excluding carboxylic acids is 1. The van der Waals surface area contributed by atoms with Crippen molar-refractivity contribution in [3.05, 3.63) is 127 Å². The quantitative estimate of drug-likeness (QED) is 0.173. The van der Waals surface area contributed by atoms with Crippen molar-refractivity contribution in [2.45, 2.75) is 120 Å². The molecule has 0 spiro atoms. The molecule has 4 aromatic carbocycles. The lowest BCUT2D eigenvalue weighted by atomic mass is 9.96. The smallest absolute Gasteiger partial charge is 0.142 e. The van der Waals surface area contributed by atoms with E-state index < -0.39 is 0 Å². The lowest BCUT2D eigenvalue weighted by molar-refractivity contribution is -0.120. The van der Waals surface area contributed by atoms with Gasteiger partial charge >= 0.3 is 0 Å². The average Bonchev–Trinajstić information content (AvgIpc) is 3.17. The van der Waals surface area contributed by atoms with Crippen LogP contribution >= 0.6 is 35.3 Å². The minimum Gasteiger partial charge on any atom is -0.391 e. The van der Waals surface area contributed by atoms with E-state index in [9.17, 15) is 4.79 Å². The van der Waals surface area contributed by atoms with Crippen LogP contribution in [0.15, 0.2) is 141 Å². The Morgan fingerprint density at radius 3 is 1.34 bits per heavy atom. The molecule has 3 fully saturated rings. The lowest BCUT2D eigenvalue weighted by Gasteiger charge is -2.25. The van der Waals surface area contributed by atoms with E-state index in [2.05, 4.69) is 102 Å². The molecule has 0 heterocycles. The molecule has 0 radical (unpaired) electrons. The van der Waals surface area contributed by atoms with E-state index in [1.54, 1.807) is 0 Å². The van der Waals surface area contributed by atoms with Gasteiger partial charge in [-0.2, -0.15) is 0 Å². The van der Waals surface area contributed by atoms with Crippen LogP contribution in [-0.4, -0.2) is 33.3 Å². The highest BCUT2D eigenvalue weighted by atomic mass is 32.2. The monoisotopic (exact) mass is 724 g/mol. The van der Waals surface area contributed by atoms with Gasteiger partial charge < -0.3 is 10.6 Å². The van der Waals surface area contributed by atoms with Crippen molar-refractivity contribution in [1.29, 1.82) is 0 Å². The summed E-state index contributed by atoms with van der Waals surface area (Å²) in [5, 5.41) is 6.47. The van der Waals surface area contributed by atoms with E-state index >= 15 is 0 Å². The second-order valence-electron chi connectivity index (χ2n) is 13.2. The summed E-state index contributed by atoms with van der Waals surface area (Å²) in [6, 6.07) is 42.4. The summed E-state index contributed by atoms with van der Waals surface area (Å²) < 4.78 is 0. The maximum Gasteiger partial charge on any atom is 0.142 e. The summed E-state index contributed by atoms with van der Waals surface area (Å²) in [5.74, 6) is 0.440. The summed E-state index contributed by atoms with van der Waals surface area (Å²) >= 11 is 5.92.